The first-order chi connectivity index (χ1) is 9.69. The maximum Gasteiger partial charge on any atom is 0.124 e. The fraction of sp³-hybridized carbons (Fsp3) is 0.200. The minimum absolute atomic E-state index is 0.335. The standard InChI is InChI=1S/C15H13ClNO2S/c1-19-13-7-6-11(16)8-12(13)15-17(18)9-10-4-2-3-5-14(10)20-15/h2-8,15H,9H2,1H3/q-1. The van der Waals surface area contributed by atoms with E-state index in [1.54, 1.807) is 25.3 Å². The van der Waals surface area contributed by atoms with E-state index in [9.17, 15) is 5.21 Å². The van der Waals surface area contributed by atoms with E-state index in [1.807, 2.05) is 24.3 Å². The minimum atomic E-state index is -0.335. The van der Waals surface area contributed by atoms with Gasteiger partial charge in [0.1, 0.15) is 5.75 Å². The van der Waals surface area contributed by atoms with Crippen LogP contribution in [0, 0.1) is 5.21 Å². The molecule has 5 heteroatoms. The first kappa shape index (κ1) is 13.8. The van der Waals surface area contributed by atoms with Crippen LogP contribution in [-0.4, -0.2) is 12.2 Å². The van der Waals surface area contributed by atoms with Crippen LogP contribution in [0.1, 0.15) is 16.5 Å². The monoisotopic (exact) mass is 306 g/mol. The summed E-state index contributed by atoms with van der Waals surface area (Å²) < 4.78 is 5.35. The summed E-state index contributed by atoms with van der Waals surface area (Å²) in [5.41, 5.74) is 1.87. The highest BCUT2D eigenvalue weighted by Crippen LogP contribution is 2.47. The first-order valence-corrected chi connectivity index (χ1v) is 7.46. The van der Waals surface area contributed by atoms with Crippen molar-refractivity contribution in [3.63, 3.8) is 0 Å². The molecule has 0 amide bonds. The van der Waals surface area contributed by atoms with Gasteiger partial charge in [-0.1, -0.05) is 29.8 Å². The van der Waals surface area contributed by atoms with Crippen molar-refractivity contribution in [2.24, 2.45) is 0 Å². The van der Waals surface area contributed by atoms with Crippen LogP contribution >= 0.6 is 23.4 Å². The molecule has 1 aliphatic heterocycles. The Balaban J connectivity index is 2.01. The lowest BCUT2D eigenvalue weighted by molar-refractivity contribution is 0.330. The number of rotatable bonds is 2. The third-order valence-electron chi connectivity index (χ3n) is 3.26. The van der Waals surface area contributed by atoms with Crippen molar-refractivity contribution in [2.75, 3.05) is 7.11 Å². The number of ether oxygens (including phenoxy) is 1. The molecule has 0 aromatic heterocycles. The number of hydroxylamine groups is 2. The molecule has 3 nitrogen and oxygen atoms in total. The van der Waals surface area contributed by atoms with Gasteiger partial charge < -0.3 is 15.0 Å². The molecule has 0 saturated carbocycles. The zero-order chi connectivity index (χ0) is 14.1. The zero-order valence-electron chi connectivity index (χ0n) is 10.9. The third-order valence-corrected chi connectivity index (χ3v) is 4.86. The molecule has 1 aliphatic rings. The number of hydrogen-bond donors (Lipinski definition) is 0. The molecule has 0 bridgehead atoms. The molecule has 0 N–H and O–H groups in total. The van der Waals surface area contributed by atoms with Gasteiger partial charge in [0.2, 0.25) is 0 Å². The normalized spacial score (nSPS) is 18.6. The molecule has 1 heterocycles. The summed E-state index contributed by atoms with van der Waals surface area (Å²) in [7, 11) is 1.60. The summed E-state index contributed by atoms with van der Waals surface area (Å²) in [6, 6.07) is 13.3. The van der Waals surface area contributed by atoms with Crippen molar-refractivity contribution in [1.82, 2.24) is 5.06 Å². The maximum absolute atomic E-state index is 12.3. The fourth-order valence-corrected chi connectivity index (χ4v) is 3.66. The van der Waals surface area contributed by atoms with Gasteiger partial charge in [-0.15, -0.1) is 11.8 Å². The van der Waals surface area contributed by atoms with Crippen LogP contribution in [-0.2, 0) is 6.54 Å². The minimum Gasteiger partial charge on any atom is -0.784 e. The number of thioether (sulfide) groups is 1. The quantitative estimate of drug-likeness (QED) is 0.821. The summed E-state index contributed by atoms with van der Waals surface area (Å²) >= 11 is 7.59. The van der Waals surface area contributed by atoms with Crippen molar-refractivity contribution < 1.29 is 4.74 Å². The van der Waals surface area contributed by atoms with E-state index in [1.165, 1.54) is 11.8 Å². The van der Waals surface area contributed by atoms with Crippen molar-refractivity contribution in [3.8, 4) is 5.75 Å². The Hall–Kier alpha value is -1.20. The Bertz CT molecular complexity index is 635. The summed E-state index contributed by atoms with van der Waals surface area (Å²) in [6.07, 6.45) is 0. The van der Waals surface area contributed by atoms with E-state index in [0.29, 0.717) is 17.3 Å². The summed E-state index contributed by atoms with van der Waals surface area (Å²) in [5.74, 6) is 0.687. The number of nitrogens with zero attached hydrogens (tertiary/aromatic N) is 1. The second kappa shape index (κ2) is 5.66. The summed E-state index contributed by atoms with van der Waals surface area (Å²) in [5, 5.41) is 13.7. The van der Waals surface area contributed by atoms with E-state index in [0.717, 1.165) is 21.1 Å². The van der Waals surface area contributed by atoms with Crippen molar-refractivity contribution >= 4 is 23.4 Å². The van der Waals surface area contributed by atoms with E-state index in [2.05, 4.69) is 0 Å². The summed E-state index contributed by atoms with van der Waals surface area (Å²) in [6.45, 7) is 0.378. The number of halogens is 1. The second-order valence-electron chi connectivity index (χ2n) is 4.54. The van der Waals surface area contributed by atoms with Gasteiger partial charge in [-0.05, 0) is 29.8 Å². The van der Waals surface area contributed by atoms with Crippen LogP contribution < -0.4 is 4.74 Å². The average Bonchev–Trinajstić information content (AvgIpc) is 2.46. The molecule has 3 rings (SSSR count). The Morgan fingerprint density at radius 3 is 2.90 bits per heavy atom. The zero-order valence-corrected chi connectivity index (χ0v) is 12.4. The van der Waals surface area contributed by atoms with E-state index < -0.39 is 0 Å². The molecular weight excluding hydrogens is 294 g/mol. The number of benzene rings is 2. The van der Waals surface area contributed by atoms with Crippen LogP contribution in [0.15, 0.2) is 47.4 Å². The molecule has 104 valence electrons. The van der Waals surface area contributed by atoms with Gasteiger partial charge in [-0.25, -0.2) is 0 Å². The highest BCUT2D eigenvalue weighted by molar-refractivity contribution is 7.99. The van der Waals surface area contributed by atoms with Gasteiger partial charge >= 0.3 is 0 Å². The van der Waals surface area contributed by atoms with E-state index >= 15 is 0 Å². The van der Waals surface area contributed by atoms with E-state index in [4.69, 9.17) is 16.3 Å². The van der Waals surface area contributed by atoms with Crippen molar-refractivity contribution in [3.05, 3.63) is 63.8 Å². The number of methoxy groups -OCH3 is 1. The van der Waals surface area contributed by atoms with Crippen molar-refractivity contribution in [2.45, 2.75) is 16.8 Å². The third kappa shape index (κ3) is 2.52. The molecule has 0 radical (unpaired) electrons. The Morgan fingerprint density at radius 2 is 2.10 bits per heavy atom. The topological polar surface area (TPSA) is 35.5 Å². The fourth-order valence-electron chi connectivity index (χ4n) is 2.30. The van der Waals surface area contributed by atoms with Crippen LogP contribution in [0.3, 0.4) is 0 Å². The van der Waals surface area contributed by atoms with Crippen LogP contribution in [0.2, 0.25) is 5.02 Å². The molecule has 1 atom stereocenters. The smallest absolute Gasteiger partial charge is 0.124 e. The van der Waals surface area contributed by atoms with Gasteiger partial charge in [-0.2, -0.15) is 0 Å². The predicted octanol–water partition coefficient (Wildman–Crippen LogP) is 4.45. The Labute approximate surface area is 127 Å². The lowest BCUT2D eigenvalue weighted by Gasteiger charge is -2.41. The van der Waals surface area contributed by atoms with Gasteiger partial charge in [0.15, 0.2) is 0 Å². The molecule has 0 fully saturated rings. The highest BCUT2D eigenvalue weighted by atomic mass is 35.5. The van der Waals surface area contributed by atoms with Crippen LogP contribution in [0.25, 0.3) is 0 Å². The molecule has 0 saturated heterocycles. The number of fused-ring (bicyclic) bond motifs is 1. The van der Waals surface area contributed by atoms with Crippen LogP contribution in [0.4, 0.5) is 0 Å². The molecule has 20 heavy (non-hydrogen) atoms. The van der Waals surface area contributed by atoms with Gasteiger partial charge in [0.05, 0.1) is 12.5 Å². The Morgan fingerprint density at radius 1 is 1.30 bits per heavy atom. The van der Waals surface area contributed by atoms with Gasteiger partial charge in [0.25, 0.3) is 0 Å². The molecule has 1 unspecified atom stereocenters. The van der Waals surface area contributed by atoms with Crippen LogP contribution in [0.5, 0.6) is 5.75 Å². The average molecular weight is 307 g/mol. The molecule has 2 aromatic rings. The molecular formula is C15H13ClNO2S-. The predicted molar refractivity (Wildman–Crippen MR) is 82.0 cm³/mol. The first-order valence-electron chi connectivity index (χ1n) is 6.21. The molecule has 0 aliphatic carbocycles. The lowest BCUT2D eigenvalue weighted by Crippen LogP contribution is -2.24. The second-order valence-corrected chi connectivity index (χ2v) is 6.10. The highest BCUT2D eigenvalue weighted by Gasteiger charge is 2.25. The van der Waals surface area contributed by atoms with Gasteiger partial charge in [-0.3, -0.25) is 0 Å². The maximum atomic E-state index is 12.3. The SMILES string of the molecule is COc1ccc(Cl)cc1C1Sc2ccccc2CN1[O-]. The largest absolute Gasteiger partial charge is 0.784 e. The van der Waals surface area contributed by atoms with E-state index in [-0.39, 0.29) is 5.37 Å². The molecule has 2 aromatic carbocycles. The molecule has 0 spiro atoms. The number of hydrogen-bond acceptors (Lipinski definition) is 4. The lowest BCUT2D eigenvalue weighted by atomic mass is 10.1. The Kier molecular flexibility index (Phi) is 3.89. The summed E-state index contributed by atoms with van der Waals surface area (Å²) in [4.78, 5) is 1.13. The van der Waals surface area contributed by atoms with Gasteiger partial charge in [0, 0.05) is 22.0 Å². The van der Waals surface area contributed by atoms with Crippen molar-refractivity contribution in [1.29, 1.82) is 0 Å².